The van der Waals surface area contributed by atoms with Gasteiger partial charge in [-0.15, -0.1) is 0 Å². The molecule has 0 aliphatic heterocycles. The number of fused-ring (bicyclic) bond motifs is 3. The van der Waals surface area contributed by atoms with Gasteiger partial charge in [-0.3, -0.25) is 0 Å². The van der Waals surface area contributed by atoms with Crippen LogP contribution in [0.15, 0.2) is 72.8 Å². The Labute approximate surface area is 224 Å². The van der Waals surface area contributed by atoms with Crippen LogP contribution in [0.25, 0.3) is 33.4 Å². The molecule has 4 aromatic carbocycles. The van der Waals surface area contributed by atoms with E-state index in [0.29, 0.717) is 0 Å². The Bertz CT molecular complexity index is 1390. The molecule has 0 saturated heterocycles. The van der Waals surface area contributed by atoms with E-state index in [1.165, 1.54) is 94.2 Å². The lowest BCUT2D eigenvalue weighted by Crippen LogP contribution is -2.25. The van der Waals surface area contributed by atoms with Crippen molar-refractivity contribution in [2.45, 2.75) is 85.5 Å². The fourth-order valence-corrected chi connectivity index (χ4v) is 6.83. The maximum Gasteiger partial charge on any atom is 0.0215 e. The van der Waals surface area contributed by atoms with E-state index in [1.54, 1.807) is 11.1 Å². The van der Waals surface area contributed by atoms with Crippen LogP contribution in [0.4, 0.5) is 0 Å². The van der Waals surface area contributed by atoms with Crippen LogP contribution < -0.4 is 0 Å². The van der Waals surface area contributed by atoms with Crippen LogP contribution in [0.1, 0.15) is 85.8 Å². The van der Waals surface area contributed by atoms with E-state index in [-0.39, 0.29) is 5.41 Å². The molecule has 0 bridgehead atoms. The highest BCUT2D eigenvalue weighted by atomic mass is 14.4. The fourth-order valence-electron chi connectivity index (χ4n) is 6.83. The Kier molecular flexibility index (Phi) is 7.13. The molecule has 0 heteroatoms. The first-order valence-corrected chi connectivity index (χ1v) is 14.3. The zero-order chi connectivity index (χ0) is 26.2. The molecule has 0 aromatic heterocycles. The van der Waals surface area contributed by atoms with Crippen molar-refractivity contribution in [3.8, 4) is 33.4 Å². The summed E-state index contributed by atoms with van der Waals surface area (Å²) in [7, 11) is 0. The Morgan fingerprint density at radius 2 is 1.00 bits per heavy atom. The summed E-state index contributed by atoms with van der Waals surface area (Å²) in [6.45, 7) is 13.6. The van der Waals surface area contributed by atoms with E-state index in [4.69, 9.17) is 0 Å². The number of unbranched alkanes of at least 4 members (excludes halogenated alkanes) is 2. The average Bonchev–Trinajstić information content (AvgIpc) is 3.15. The van der Waals surface area contributed by atoms with Crippen LogP contribution in [0.5, 0.6) is 0 Å². The Hall–Kier alpha value is -3.12. The zero-order valence-corrected chi connectivity index (χ0v) is 23.7. The molecule has 190 valence electrons. The second kappa shape index (κ2) is 10.3. The van der Waals surface area contributed by atoms with Crippen LogP contribution in [0.2, 0.25) is 0 Å². The summed E-state index contributed by atoms with van der Waals surface area (Å²) < 4.78 is 0. The van der Waals surface area contributed by atoms with Gasteiger partial charge in [0.2, 0.25) is 0 Å². The van der Waals surface area contributed by atoms with Gasteiger partial charge in [0, 0.05) is 5.41 Å². The number of rotatable bonds is 8. The molecule has 37 heavy (non-hydrogen) atoms. The van der Waals surface area contributed by atoms with Gasteiger partial charge in [-0.2, -0.15) is 0 Å². The predicted octanol–water partition coefficient (Wildman–Crippen LogP) is 10.9. The largest absolute Gasteiger partial charge is 0.0654 e. The third-order valence-corrected chi connectivity index (χ3v) is 8.63. The SMILES string of the molecule is CCCCC1(CCCC)c2cc(-c3ccc(C)cc3)ccc2-c2ccc(-c3c(C)cc(C)cc3C)cc21. The van der Waals surface area contributed by atoms with Crippen LogP contribution in [0, 0.1) is 27.7 Å². The molecule has 0 fully saturated rings. The normalized spacial score (nSPS) is 13.5. The molecule has 0 amide bonds. The minimum absolute atomic E-state index is 0.0832. The van der Waals surface area contributed by atoms with Crippen molar-refractivity contribution in [2.24, 2.45) is 0 Å². The lowest BCUT2D eigenvalue weighted by Gasteiger charge is -2.33. The summed E-state index contributed by atoms with van der Waals surface area (Å²) in [5.74, 6) is 0. The van der Waals surface area contributed by atoms with Crippen LogP contribution in [-0.4, -0.2) is 0 Å². The highest BCUT2D eigenvalue weighted by Crippen LogP contribution is 2.55. The molecule has 0 saturated carbocycles. The van der Waals surface area contributed by atoms with Crippen molar-refractivity contribution in [2.75, 3.05) is 0 Å². The molecule has 5 rings (SSSR count). The van der Waals surface area contributed by atoms with Gasteiger partial charge in [-0.25, -0.2) is 0 Å². The summed E-state index contributed by atoms with van der Waals surface area (Å²) in [5.41, 5.74) is 16.9. The molecule has 1 aliphatic rings. The van der Waals surface area contributed by atoms with Crippen LogP contribution >= 0.6 is 0 Å². The van der Waals surface area contributed by atoms with Crippen LogP contribution in [0.3, 0.4) is 0 Å². The third kappa shape index (κ3) is 4.56. The molecule has 0 N–H and O–H groups in total. The number of benzene rings is 4. The zero-order valence-electron chi connectivity index (χ0n) is 23.7. The summed E-state index contributed by atoms with van der Waals surface area (Å²) >= 11 is 0. The maximum absolute atomic E-state index is 2.57. The molecule has 4 aromatic rings. The summed E-state index contributed by atoms with van der Waals surface area (Å²) in [6.07, 6.45) is 7.40. The maximum atomic E-state index is 2.57. The highest BCUT2D eigenvalue weighted by molar-refractivity contribution is 5.87. The molecule has 0 atom stereocenters. The minimum atomic E-state index is 0.0832. The van der Waals surface area contributed by atoms with Gasteiger partial charge >= 0.3 is 0 Å². The third-order valence-electron chi connectivity index (χ3n) is 8.63. The van der Waals surface area contributed by atoms with Crippen molar-refractivity contribution in [1.29, 1.82) is 0 Å². The van der Waals surface area contributed by atoms with Gasteiger partial charge in [0.05, 0.1) is 0 Å². The van der Waals surface area contributed by atoms with E-state index in [9.17, 15) is 0 Å². The smallest absolute Gasteiger partial charge is 0.0215 e. The van der Waals surface area contributed by atoms with E-state index < -0.39 is 0 Å². The summed E-state index contributed by atoms with van der Waals surface area (Å²) in [4.78, 5) is 0. The van der Waals surface area contributed by atoms with Crippen molar-refractivity contribution >= 4 is 0 Å². The number of hydrogen-bond acceptors (Lipinski definition) is 0. The first-order chi connectivity index (χ1) is 17.9. The van der Waals surface area contributed by atoms with E-state index >= 15 is 0 Å². The van der Waals surface area contributed by atoms with Crippen molar-refractivity contribution in [3.63, 3.8) is 0 Å². The average molecular weight is 487 g/mol. The Morgan fingerprint density at radius 3 is 1.54 bits per heavy atom. The number of hydrogen-bond donors (Lipinski definition) is 0. The molecule has 0 unspecified atom stereocenters. The fraction of sp³-hybridized carbons (Fsp3) is 0.351. The second-order valence-electron chi connectivity index (χ2n) is 11.4. The van der Waals surface area contributed by atoms with Crippen molar-refractivity contribution in [3.05, 3.63) is 106 Å². The predicted molar refractivity (Wildman–Crippen MR) is 162 cm³/mol. The van der Waals surface area contributed by atoms with E-state index in [2.05, 4.69) is 114 Å². The van der Waals surface area contributed by atoms with E-state index in [0.717, 1.165) is 0 Å². The van der Waals surface area contributed by atoms with E-state index in [1.807, 2.05) is 0 Å². The Balaban J connectivity index is 1.72. The second-order valence-corrected chi connectivity index (χ2v) is 11.4. The van der Waals surface area contributed by atoms with Gasteiger partial charge in [0.15, 0.2) is 0 Å². The first-order valence-electron chi connectivity index (χ1n) is 14.3. The van der Waals surface area contributed by atoms with Gasteiger partial charge in [-0.05, 0) is 108 Å². The topological polar surface area (TPSA) is 0 Å². The highest BCUT2D eigenvalue weighted by Gasteiger charge is 2.42. The summed E-state index contributed by atoms with van der Waals surface area (Å²) in [5, 5.41) is 0. The molecular formula is C37H42. The van der Waals surface area contributed by atoms with Gasteiger partial charge in [0.1, 0.15) is 0 Å². The monoisotopic (exact) mass is 486 g/mol. The standard InChI is InChI=1S/C37H42/c1-7-9-19-37(20-10-8-2)34-23-30(29-13-11-25(3)12-14-29)15-17-32(34)33-18-16-31(24-35(33)37)36-27(5)21-26(4)22-28(36)6/h11-18,21-24H,7-10,19-20H2,1-6H3. The minimum Gasteiger partial charge on any atom is -0.0654 e. The van der Waals surface area contributed by atoms with Gasteiger partial charge in [0.25, 0.3) is 0 Å². The van der Waals surface area contributed by atoms with Crippen molar-refractivity contribution in [1.82, 2.24) is 0 Å². The summed E-state index contributed by atoms with van der Waals surface area (Å²) in [6, 6.07) is 28.3. The van der Waals surface area contributed by atoms with Gasteiger partial charge < -0.3 is 0 Å². The number of aryl methyl sites for hydroxylation is 4. The lowest BCUT2D eigenvalue weighted by atomic mass is 9.70. The van der Waals surface area contributed by atoms with Crippen LogP contribution in [-0.2, 0) is 5.41 Å². The Morgan fingerprint density at radius 1 is 0.514 bits per heavy atom. The quantitative estimate of drug-likeness (QED) is 0.232. The molecule has 0 heterocycles. The molecule has 0 spiro atoms. The molecule has 0 nitrogen and oxygen atoms in total. The van der Waals surface area contributed by atoms with Gasteiger partial charge in [-0.1, -0.05) is 111 Å². The molecule has 0 radical (unpaired) electrons. The first kappa shape index (κ1) is 25.5. The molecule has 1 aliphatic carbocycles. The molecular weight excluding hydrogens is 444 g/mol. The lowest BCUT2D eigenvalue weighted by molar-refractivity contribution is 0.414. The van der Waals surface area contributed by atoms with Crippen molar-refractivity contribution < 1.29 is 0 Å².